The Morgan fingerprint density at radius 2 is 1.84 bits per heavy atom. The first kappa shape index (κ1) is 12.3. The second-order valence-corrected chi connectivity index (χ2v) is 5.46. The van der Waals surface area contributed by atoms with Crippen molar-refractivity contribution in [2.75, 3.05) is 11.1 Å². The lowest BCUT2D eigenvalue weighted by molar-refractivity contribution is 0.620. The van der Waals surface area contributed by atoms with E-state index in [0.29, 0.717) is 6.04 Å². The highest BCUT2D eigenvalue weighted by molar-refractivity contribution is 5.98. The van der Waals surface area contributed by atoms with Crippen molar-refractivity contribution in [1.82, 2.24) is 4.98 Å². The summed E-state index contributed by atoms with van der Waals surface area (Å²) in [6.07, 6.45) is 11.6. The largest absolute Gasteiger partial charge is 0.397 e. The van der Waals surface area contributed by atoms with Crippen molar-refractivity contribution >= 4 is 22.1 Å². The zero-order valence-corrected chi connectivity index (χ0v) is 11.2. The maximum atomic E-state index is 6.28. The topological polar surface area (TPSA) is 50.9 Å². The number of anilines is 2. The maximum absolute atomic E-state index is 6.28. The highest BCUT2D eigenvalue weighted by Crippen LogP contribution is 2.30. The molecule has 100 valence electrons. The van der Waals surface area contributed by atoms with Gasteiger partial charge in [-0.05, 0) is 25.0 Å². The van der Waals surface area contributed by atoms with Crippen molar-refractivity contribution in [2.45, 2.75) is 44.6 Å². The quantitative estimate of drug-likeness (QED) is 0.631. The molecule has 3 heteroatoms. The predicted octanol–water partition coefficient (Wildman–Crippen LogP) is 3.95. The first-order chi connectivity index (χ1) is 9.34. The first-order valence-corrected chi connectivity index (χ1v) is 7.23. The van der Waals surface area contributed by atoms with E-state index in [4.69, 9.17) is 5.73 Å². The molecule has 0 aliphatic heterocycles. The Morgan fingerprint density at radius 3 is 2.63 bits per heavy atom. The summed E-state index contributed by atoms with van der Waals surface area (Å²) >= 11 is 0. The number of aromatic nitrogens is 1. The fourth-order valence-corrected chi connectivity index (χ4v) is 2.96. The highest BCUT2D eigenvalue weighted by atomic mass is 14.9. The molecule has 1 aliphatic rings. The molecular formula is C16H21N3. The number of hydrogen-bond donors (Lipinski definition) is 2. The normalized spacial score (nSPS) is 17.3. The van der Waals surface area contributed by atoms with E-state index >= 15 is 0 Å². The Kier molecular flexibility index (Phi) is 3.53. The van der Waals surface area contributed by atoms with Crippen LogP contribution in [-0.2, 0) is 0 Å². The van der Waals surface area contributed by atoms with E-state index < -0.39 is 0 Å². The van der Waals surface area contributed by atoms with Crippen LogP contribution in [0.2, 0.25) is 0 Å². The number of fused-ring (bicyclic) bond motifs is 1. The Morgan fingerprint density at radius 1 is 1.05 bits per heavy atom. The van der Waals surface area contributed by atoms with Gasteiger partial charge < -0.3 is 11.1 Å². The molecule has 19 heavy (non-hydrogen) atoms. The van der Waals surface area contributed by atoms with E-state index in [1.807, 2.05) is 12.3 Å². The van der Waals surface area contributed by atoms with Gasteiger partial charge in [0.2, 0.25) is 0 Å². The number of nitrogens with zero attached hydrogens (tertiary/aromatic N) is 1. The summed E-state index contributed by atoms with van der Waals surface area (Å²) in [6, 6.07) is 6.74. The van der Waals surface area contributed by atoms with Gasteiger partial charge in [-0.15, -0.1) is 0 Å². The molecular weight excluding hydrogens is 234 g/mol. The van der Waals surface area contributed by atoms with Crippen molar-refractivity contribution in [3.63, 3.8) is 0 Å². The van der Waals surface area contributed by atoms with Crippen LogP contribution >= 0.6 is 0 Å². The van der Waals surface area contributed by atoms with Gasteiger partial charge in [0.05, 0.1) is 11.4 Å². The molecule has 0 spiro atoms. The van der Waals surface area contributed by atoms with Crippen molar-refractivity contribution in [3.8, 4) is 0 Å². The van der Waals surface area contributed by atoms with Crippen molar-refractivity contribution in [3.05, 3.63) is 30.6 Å². The molecule has 3 rings (SSSR count). The van der Waals surface area contributed by atoms with Crippen LogP contribution in [0.15, 0.2) is 30.6 Å². The minimum Gasteiger partial charge on any atom is -0.397 e. The Balaban J connectivity index is 1.86. The smallest absolute Gasteiger partial charge is 0.0630 e. The number of benzene rings is 1. The SMILES string of the molecule is Nc1c(NC2CCCCCC2)ccc2cnccc12. The summed E-state index contributed by atoms with van der Waals surface area (Å²) in [5.41, 5.74) is 8.21. The average Bonchev–Trinajstić information content (AvgIpc) is 2.71. The van der Waals surface area contributed by atoms with Gasteiger partial charge in [0.15, 0.2) is 0 Å². The predicted molar refractivity (Wildman–Crippen MR) is 81.3 cm³/mol. The summed E-state index contributed by atoms with van der Waals surface area (Å²) in [4.78, 5) is 4.14. The van der Waals surface area contributed by atoms with Crippen LogP contribution < -0.4 is 11.1 Å². The second-order valence-electron chi connectivity index (χ2n) is 5.46. The molecule has 0 radical (unpaired) electrons. The molecule has 1 aliphatic carbocycles. The van der Waals surface area contributed by atoms with Gasteiger partial charge in [0.25, 0.3) is 0 Å². The molecule has 3 N–H and O–H groups in total. The van der Waals surface area contributed by atoms with E-state index in [-0.39, 0.29) is 0 Å². The monoisotopic (exact) mass is 255 g/mol. The Hall–Kier alpha value is -1.77. The molecule has 2 aromatic rings. The molecule has 3 nitrogen and oxygen atoms in total. The molecule has 1 saturated carbocycles. The van der Waals surface area contributed by atoms with Crippen LogP contribution in [0.1, 0.15) is 38.5 Å². The van der Waals surface area contributed by atoms with Gasteiger partial charge in [-0.25, -0.2) is 0 Å². The van der Waals surface area contributed by atoms with Crippen molar-refractivity contribution < 1.29 is 0 Å². The summed E-state index contributed by atoms with van der Waals surface area (Å²) in [7, 11) is 0. The zero-order chi connectivity index (χ0) is 13.1. The Bertz CT molecular complexity index is 557. The average molecular weight is 255 g/mol. The van der Waals surface area contributed by atoms with Gasteiger partial charge in [0.1, 0.15) is 0 Å². The molecule has 0 amide bonds. The number of nitrogens with two attached hydrogens (primary N) is 1. The third kappa shape index (κ3) is 2.65. The molecule has 1 aromatic heterocycles. The minimum absolute atomic E-state index is 0.573. The maximum Gasteiger partial charge on any atom is 0.0630 e. The van der Waals surface area contributed by atoms with Crippen LogP contribution in [0.3, 0.4) is 0 Å². The van der Waals surface area contributed by atoms with E-state index in [2.05, 4.69) is 22.4 Å². The van der Waals surface area contributed by atoms with E-state index in [1.54, 1.807) is 6.20 Å². The Labute approximate surface area is 114 Å². The summed E-state index contributed by atoms with van der Waals surface area (Å²) in [6.45, 7) is 0. The van der Waals surface area contributed by atoms with Crippen LogP contribution in [-0.4, -0.2) is 11.0 Å². The molecule has 0 atom stereocenters. The lowest BCUT2D eigenvalue weighted by Gasteiger charge is -2.19. The third-order valence-corrected chi connectivity index (χ3v) is 4.08. The fourth-order valence-electron chi connectivity index (χ4n) is 2.96. The van der Waals surface area contributed by atoms with E-state index in [0.717, 1.165) is 22.1 Å². The molecule has 0 unspecified atom stereocenters. The highest BCUT2D eigenvalue weighted by Gasteiger charge is 2.13. The van der Waals surface area contributed by atoms with Crippen molar-refractivity contribution in [1.29, 1.82) is 0 Å². The van der Waals surface area contributed by atoms with Crippen molar-refractivity contribution in [2.24, 2.45) is 0 Å². The lowest BCUT2D eigenvalue weighted by Crippen LogP contribution is -2.19. The molecule has 1 aromatic carbocycles. The molecule has 0 saturated heterocycles. The molecule has 0 bridgehead atoms. The molecule has 1 fully saturated rings. The van der Waals surface area contributed by atoms with Gasteiger partial charge in [0, 0.05) is 29.2 Å². The third-order valence-electron chi connectivity index (χ3n) is 4.08. The number of pyridine rings is 1. The van der Waals surface area contributed by atoms with Crippen LogP contribution in [0.25, 0.3) is 10.8 Å². The second kappa shape index (κ2) is 5.47. The van der Waals surface area contributed by atoms with Crippen LogP contribution in [0, 0.1) is 0 Å². The van der Waals surface area contributed by atoms with Crippen LogP contribution in [0.5, 0.6) is 0 Å². The summed E-state index contributed by atoms with van der Waals surface area (Å²) in [5.74, 6) is 0. The molecule has 1 heterocycles. The van der Waals surface area contributed by atoms with Gasteiger partial charge in [-0.2, -0.15) is 0 Å². The van der Waals surface area contributed by atoms with Crippen LogP contribution in [0.4, 0.5) is 11.4 Å². The van der Waals surface area contributed by atoms with Gasteiger partial charge in [-0.3, -0.25) is 4.98 Å². The minimum atomic E-state index is 0.573. The summed E-state index contributed by atoms with van der Waals surface area (Å²) in [5, 5.41) is 5.83. The number of nitrogens with one attached hydrogen (secondary N) is 1. The van der Waals surface area contributed by atoms with Gasteiger partial charge in [-0.1, -0.05) is 31.7 Å². The number of rotatable bonds is 2. The first-order valence-electron chi connectivity index (χ1n) is 7.23. The van der Waals surface area contributed by atoms with Gasteiger partial charge >= 0.3 is 0 Å². The lowest BCUT2D eigenvalue weighted by atomic mass is 10.1. The van der Waals surface area contributed by atoms with E-state index in [1.165, 1.54) is 38.5 Å². The summed E-state index contributed by atoms with van der Waals surface area (Å²) < 4.78 is 0. The van der Waals surface area contributed by atoms with E-state index in [9.17, 15) is 0 Å². The standard InChI is InChI=1S/C16H21N3/c17-16-14-9-10-18-11-12(14)7-8-15(16)19-13-5-3-1-2-4-6-13/h7-11,13,19H,1-6,17H2. The fraction of sp³-hybridized carbons (Fsp3) is 0.438. The number of hydrogen-bond acceptors (Lipinski definition) is 3. The zero-order valence-electron chi connectivity index (χ0n) is 11.2. The number of nitrogen functional groups attached to an aromatic ring is 1.